The highest BCUT2D eigenvalue weighted by atomic mass is 19.4. The van der Waals surface area contributed by atoms with E-state index in [2.05, 4.69) is 0 Å². The normalized spacial score (nSPS) is 11.5. The zero-order valence-corrected chi connectivity index (χ0v) is 6.85. The third-order valence-electron chi connectivity index (χ3n) is 1.56. The summed E-state index contributed by atoms with van der Waals surface area (Å²) < 4.78 is 41.0. The number of hydrogen-bond acceptors (Lipinski definition) is 1. The van der Waals surface area contributed by atoms with Crippen molar-refractivity contribution in [2.45, 2.75) is 6.18 Å². The first-order valence-corrected chi connectivity index (χ1v) is 3.46. The standard InChI is InChI=1S/C9H7F3O/c1-6-5-7(9(10,11)12)3-4-8(6)13-2/h1,3-5H,2H3. The van der Waals surface area contributed by atoms with Crippen molar-refractivity contribution in [2.24, 2.45) is 0 Å². The van der Waals surface area contributed by atoms with E-state index in [9.17, 15) is 13.2 Å². The molecule has 0 heterocycles. The highest BCUT2D eigenvalue weighted by molar-refractivity contribution is 5.39. The van der Waals surface area contributed by atoms with E-state index in [4.69, 9.17) is 11.7 Å². The number of ether oxygens (including phenoxy) is 1. The molecule has 1 nitrogen and oxygen atoms in total. The summed E-state index contributed by atoms with van der Waals surface area (Å²) in [5, 5.41) is 0. The summed E-state index contributed by atoms with van der Waals surface area (Å²) in [5.41, 5.74) is -0.789. The van der Waals surface area contributed by atoms with Crippen LogP contribution in [0.1, 0.15) is 11.1 Å². The molecule has 0 spiro atoms. The van der Waals surface area contributed by atoms with Crippen molar-refractivity contribution in [3.05, 3.63) is 36.2 Å². The molecule has 70 valence electrons. The van der Waals surface area contributed by atoms with Crippen LogP contribution in [0.3, 0.4) is 0 Å². The summed E-state index contributed by atoms with van der Waals surface area (Å²) in [7, 11) is 1.35. The quantitative estimate of drug-likeness (QED) is 0.658. The second-order valence-electron chi connectivity index (χ2n) is 2.45. The Morgan fingerprint density at radius 3 is 2.31 bits per heavy atom. The Labute approximate surface area is 74.1 Å². The van der Waals surface area contributed by atoms with Gasteiger partial charge in [-0.25, -0.2) is 0 Å². The van der Waals surface area contributed by atoms with E-state index in [0.717, 1.165) is 12.1 Å². The average molecular weight is 188 g/mol. The SMILES string of the molecule is [CH]c1cc(C(F)(F)F)ccc1OC. The van der Waals surface area contributed by atoms with Crippen LogP contribution in [0.2, 0.25) is 0 Å². The molecule has 0 atom stereocenters. The van der Waals surface area contributed by atoms with Gasteiger partial charge in [0.25, 0.3) is 0 Å². The lowest BCUT2D eigenvalue weighted by atomic mass is 10.1. The third-order valence-corrected chi connectivity index (χ3v) is 1.56. The van der Waals surface area contributed by atoms with Crippen molar-refractivity contribution < 1.29 is 17.9 Å². The summed E-state index contributed by atoms with van der Waals surface area (Å²) in [6.07, 6.45) is -4.36. The van der Waals surface area contributed by atoms with E-state index in [-0.39, 0.29) is 11.3 Å². The topological polar surface area (TPSA) is 9.23 Å². The van der Waals surface area contributed by atoms with Crippen LogP contribution in [0.15, 0.2) is 18.2 Å². The molecule has 1 rings (SSSR count). The van der Waals surface area contributed by atoms with Gasteiger partial charge in [0.2, 0.25) is 0 Å². The van der Waals surface area contributed by atoms with Crippen molar-refractivity contribution in [1.82, 2.24) is 0 Å². The van der Waals surface area contributed by atoms with Crippen molar-refractivity contribution >= 4 is 0 Å². The first-order chi connectivity index (χ1) is 5.95. The molecule has 4 heteroatoms. The minimum absolute atomic E-state index is 0.0164. The van der Waals surface area contributed by atoms with Crippen molar-refractivity contribution in [3.8, 4) is 5.75 Å². The Balaban J connectivity index is 3.10. The Morgan fingerprint density at radius 1 is 1.31 bits per heavy atom. The van der Waals surface area contributed by atoms with Crippen LogP contribution in [0.5, 0.6) is 5.75 Å². The van der Waals surface area contributed by atoms with Gasteiger partial charge in [0, 0.05) is 6.92 Å². The molecule has 0 aromatic heterocycles. The van der Waals surface area contributed by atoms with Crippen LogP contribution in [-0.2, 0) is 6.18 Å². The van der Waals surface area contributed by atoms with Crippen molar-refractivity contribution in [1.29, 1.82) is 0 Å². The Morgan fingerprint density at radius 2 is 1.92 bits per heavy atom. The molecule has 0 fully saturated rings. The Kier molecular flexibility index (Phi) is 2.50. The largest absolute Gasteiger partial charge is 0.496 e. The predicted molar refractivity (Wildman–Crippen MR) is 41.4 cm³/mol. The average Bonchev–Trinajstić information content (AvgIpc) is 2.02. The number of benzene rings is 1. The summed E-state index contributed by atoms with van der Waals surface area (Å²) >= 11 is 0. The molecular formula is C9H7F3O. The molecule has 0 N–H and O–H groups in total. The van der Waals surface area contributed by atoms with Gasteiger partial charge in [0.05, 0.1) is 12.7 Å². The van der Waals surface area contributed by atoms with Gasteiger partial charge in [0.1, 0.15) is 5.75 Å². The van der Waals surface area contributed by atoms with E-state index < -0.39 is 11.7 Å². The van der Waals surface area contributed by atoms with Gasteiger partial charge in [-0.15, -0.1) is 0 Å². The summed E-state index contributed by atoms with van der Waals surface area (Å²) in [6.45, 7) is 5.30. The molecule has 0 unspecified atom stereocenters. The fourth-order valence-corrected chi connectivity index (χ4v) is 0.911. The van der Waals surface area contributed by atoms with E-state index in [1.807, 2.05) is 0 Å². The van der Waals surface area contributed by atoms with Crippen LogP contribution in [-0.4, -0.2) is 7.11 Å². The van der Waals surface area contributed by atoms with Gasteiger partial charge in [-0.1, -0.05) is 0 Å². The minimum Gasteiger partial charge on any atom is -0.496 e. The number of methoxy groups -OCH3 is 1. The molecule has 2 radical (unpaired) electrons. The third kappa shape index (κ3) is 2.14. The van der Waals surface area contributed by atoms with Crippen LogP contribution in [0, 0.1) is 6.92 Å². The summed E-state index contributed by atoms with van der Waals surface area (Å²) in [4.78, 5) is 0. The molecular weight excluding hydrogens is 181 g/mol. The Hall–Kier alpha value is -1.19. The van der Waals surface area contributed by atoms with Gasteiger partial charge in [0.15, 0.2) is 0 Å². The zero-order valence-electron chi connectivity index (χ0n) is 6.85. The lowest BCUT2D eigenvalue weighted by Crippen LogP contribution is -2.05. The molecule has 0 amide bonds. The highest BCUT2D eigenvalue weighted by Crippen LogP contribution is 2.31. The highest BCUT2D eigenvalue weighted by Gasteiger charge is 2.30. The predicted octanol–water partition coefficient (Wildman–Crippen LogP) is 2.77. The maximum Gasteiger partial charge on any atom is 0.416 e. The molecule has 0 saturated carbocycles. The first kappa shape index (κ1) is 9.89. The molecule has 1 aromatic rings. The monoisotopic (exact) mass is 188 g/mol. The van der Waals surface area contributed by atoms with Crippen molar-refractivity contribution in [3.63, 3.8) is 0 Å². The van der Waals surface area contributed by atoms with Gasteiger partial charge >= 0.3 is 6.18 Å². The van der Waals surface area contributed by atoms with Crippen LogP contribution in [0.25, 0.3) is 0 Å². The number of rotatable bonds is 1. The number of halogens is 3. The summed E-state index contributed by atoms with van der Waals surface area (Å²) in [5.74, 6) is 0.244. The molecule has 0 aliphatic carbocycles. The van der Waals surface area contributed by atoms with Crippen LogP contribution >= 0.6 is 0 Å². The molecule has 0 aliphatic rings. The van der Waals surface area contributed by atoms with Crippen LogP contribution < -0.4 is 4.74 Å². The lowest BCUT2D eigenvalue weighted by Gasteiger charge is -2.09. The maximum absolute atomic E-state index is 12.1. The minimum atomic E-state index is -4.36. The van der Waals surface area contributed by atoms with Crippen molar-refractivity contribution in [2.75, 3.05) is 7.11 Å². The second-order valence-corrected chi connectivity index (χ2v) is 2.45. The Bertz CT molecular complexity index is 304. The van der Waals surface area contributed by atoms with Crippen LogP contribution in [0.4, 0.5) is 13.2 Å². The van der Waals surface area contributed by atoms with Gasteiger partial charge < -0.3 is 4.74 Å². The molecule has 0 saturated heterocycles. The smallest absolute Gasteiger partial charge is 0.416 e. The number of alkyl halides is 3. The second kappa shape index (κ2) is 3.28. The lowest BCUT2D eigenvalue weighted by molar-refractivity contribution is -0.137. The molecule has 13 heavy (non-hydrogen) atoms. The van der Waals surface area contributed by atoms with Gasteiger partial charge in [-0.2, -0.15) is 13.2 Å². The molecule has 1 aromatic carbocycles. The fourth-order valence-electron chi connectivity index (χ4n) is 0.911. The maximum atomic E-state index is 12.1. The van der Waals surface area contributed by atoms with Gasteiger partial charge in [-0.3, -0.25) is 0 Å². The first-order valence-electron chi connectivity index (χ1n) is 3.46. The van der Waals surface area contributed by atoms with E-state index >= 15 is 0 Å². The molecule has 0 bridgehead atoms. The summed E-state index contributed by atoms with van der Waals surface area (Å²) in [6, 6.07) is 2.96. The molecule has 0 aliphatic heterocycles. The zero-order chi connectivity index (χ0) is 10.1. The van der Waals surface area contributed by atoms with E-state index in [1.54, 1.807) is 0 Å². The van der Waals surface area contributed by atoms with Gasteiger partial charge in [-0.05, 0) is 23.8 Å². The fraction of sp³-hybridized carbons (Fsp3) is 0.222. The van der Waals surface area contributed by atoms with E-state index in [1.165, 1.54) is 13.2 Å². The number of hydrogen-bond donors (Lipinski definition) is 0. The van der Waals surface area contributed by atoms with E-state index in [0.29, 0.717) is 0 Å².